The monoisotopic (exact) mass is 354 g/mol. The maximum absolute atomic E-state index is 13.6. The van der Waals surface area contributed by atoms with Crippen LogP contribution in [0.5, 0.6) is 0 Å². The second-order valence-corrected chi connectivity index (χ2v) is 6.04. The Kier molecular flexibility index (Phi) is 6.39. The molecule has 0 aromatic heterocycles. The Labute approximate surface area is 145 Å². The molecular formula is C17H17Cl2FN2O. The van der Waals surface area contributed by atoms with Gasteiger partial charge in [-0.05, 0) is 25.2 Å². The van der Waals surface area contributed by atoms with Gasteiger partial charge in [-0.3, -0.25) is 4.79 Å². The van der Waals surface area contributed by atoms with Crippen molar-refractivity contribution in [1.82, 2.24) is 4.90 Å². The molecule has 0 aliphatic heterocycles. The first-order valence-corrected chi connectivity index (χ1v) is 7.89. The second-order valence-electron chi connectivity index (χ2n) is 5.22. The number of nitrogens with zero attached hydrogens (tertiary/aromatic N) is 1. The van der Waals surface area contributed by atoms with Gasteiger partial charge in [0, 0.05) is 25.1 Å². The molecule has 1 N–H and O–H groups in total. The van der Waals surface area contributed by atoms with Crippen molar-refractivity contribution < 1.29 is 9.18 Å². The summed E-state index contributed by atoms with van der Waals surface area (Å²) in [5.74, 6) is -0.438. The second kappa shape index (κ2) is 8.29. The molecule has 0 radical (unpaired) electrons. The number of halogens is 3. The van der Waals surface area contributed by atoms with E-state index < -0.39 is 0 Å². The predicted molar refractivity (Wildman–Crippen MR) is 92.4 cm³/mol. The largest absolute Gasteiger partial charge is 0.324 e. The Morgan fingerprint density at radius 3 is 2.43 bits per heavy atom. The van der Waals surface area contributed by atoms with Crippen molar-refractivity contribution in [2.45, 2.75) is 13.0 Å². The summed E-state index contributed by atoms with van der Waals surface area (Å²) < 4.78 is 13.6. The maximum atomic E-state index is 13.6. The molecule has 3 nitrogen and oxygen atoms in total. The van der Waals surface area contributed by atoms with E-state index in [4.69, 9.17) is 23.2 Å². The van der Waals surface area contributed by atoms with E-state index in [0.29, 0.717) is 34.4 Å². The zero-order chi connectivity index (χ0) is 16.8. The fourth-order valence-electron chi connectivity index (χ4n) is 2.11. The summed E-state index contributed by atoms with van der Waals surface area (Å²) in [4.78, 5) is 13.9. The summed E-state index contributed by atoms with van der Waals surface area (Å²) >= 11 is 12.0. The van der Waals surface area contributed by atoms with Crippen LogP contribution in [-0.2, 0) is 11.3 Å². The quantitative estimate of drug-likeness (QED) is 0.822. The van der Waals surface area contributed by atoms with Crippen molar-refractivity contribution in [3.05, 3.63) is 63.9 Å². The van der Waals surface area contributed by atoms with E-state index in [1.54, 1.807) is 36.4 Å². The van der Waals surface area contributed by atoms with Gasteiger partial charge in [0.05, 0.1) is 15.7 Å². The van der Waals surface area contributed by atoms with Crippen molar-refractivity contribution in [3.63, 3.8) is 0 Å². The van der Waals surface area contributed by atoms with Gasteiger partial charge in [0.25, 0.3) is 0 Å². The standard InChI is InChI=1S/C17H17Cl2FN2O/c1-22(11-12-5-2-3-8-15(12)20)10-9-16(23)21-17-13(18)6-4-7-14(17)19/h2-8H,9-11H2,1H3,(H,21,23). The molecule has 23 heavy (non-hydrogen) atoms. The molecule has 1 amide bonds. The number of nitrogens with one attached hydrogen (secondary N) is 1. The molecular weight excluding hydrogens is 338 g/mol. The third-order valence-electron chi connectivity index (χ3n) is 3.35. The minimum atomic E-state index is -0.244. The number of para-hydroxylation sites is 1. The Morgan fingerprint density at radius 2 is 1.78 bits per heavy atom. The summed E-state index contributed by atoms with van der Waals surface area (Å²) in [5.41, 5.74) is 1.02. The lowest BCUT2D eigenvalue weighted by Gasteiger charge is -2.17. The number of rotatable bonds is 6. The molecule has 0 spiro atoms. The highest BCUT2D eigenvalue weighted by molar-refractivity contribution is 6.39. The van der Waals surface area contributed by atoms with Crippen LogP contribution >= 0.6 is 23.2 Å². The van der Waals surface area contributed by atoms with Crippen LogP contribution in [0.2, 0.25) is 10.0 Å². The van der Waals surface area contributed by atoms with Crippen LogP contribution < -0.4 is 5.32 Å². The van der Waals surface area contributed by atoms with Crippen molar-refractivity contribution in [2.75, 3.05) is 18.9 Å². The van der Waals surface area contributed by atoms with Crippen molar-refractivity contribution in [1.29, 1.82) is 0 Å². The van der Waals surface area contributed by atoms with Gasteiger partial charge in [-0.15, -0.1) is 0 Å². The molecule has 2 aromatic rings. The summed E-state index contributed by atoms with van der Waals surface area (Å²) in [6, 6.07) is 11.6. The Balaban J connectivity index is 1.86. The van der Waals surface area contributed by atoms with Crippen LogP contribution in [0.3, 0.4) is 0 Å². The normalized spacial score (nSPS) is 10.8. The van der Waals surface area contributed by atoms with E-state index in [9.17, 15) is 9.18 Å². The molecule has 2 rings (SSSR count). The maximum Gasteiger partial charge on any atom is 0.225 e. The fourth-order valence-corrected chi connectivity index (χ4v) is 2.60. The lowest BCUT2D eigenvalue weighted by Crippen LogP contribution is -2.24. The van der Waals surface area contributed by atoms with E-state index in [-0.39, 0.29) is 18.1 Å². The zero-order valence-corrected chi connectivity index (χ0v) is 14.2. The van der Waals surface area contributed by atoms with Crippen molar-refractivity contribution in [3.8, 4) is 0 Å². The predicted octanol–water partition coefficient (Wildman–Crippen LogP) is 4.59. The minimum absolute atomic E-state index is 0.194. The van der Waals surface area contributed by atoms with Gasteiger partial charge in [-0.25, -0.2) is 4.39 Å². The first kappa shape index (κ1) is 17.7. The Hall–Kier alpha value is -1.62. The highest BCUT2D eigenvalue weighted by Gasteiger charge is 2.11. The van der Waals surface area contributed by atoms with Gasteiger partial charge in [-0.2, -0.15) is 0 Å². The van der Waals surface area contributed by atoms with E-state index in [2.05, 4.69) is 5.32 Å². The molecule has 122 valence electrons. The first-order chi connectivity index (χ1) is 11.0. The number of hydrogen-bond donors (Lipinski definition) is 1. The third kappa shape index (κ3) is 5.20. The smallest absolute Gasteiger partial charge is 0.225 e. The molecule has 0 atom stereocenters. The number of benzene rings is 2. The molecule has 0 aliphatic carbocycles. The van der Waals surface area contributed by atoms with Crippen LogP contribution in [-0.4, -0.2) is 24.4 Å². The molecule has 0 fully saturated rings. The van der Waals surface area contributed by atoms with E-state index in [0.717, 1.165) is 0 Å². The lowest BCUT2D eigenvalue weighted by atomic mass is 10.2. The number of hydrogen-bond acceptors (Lipinski definition) is 2. The molecule has 0 saturated heterocycles. The summed E-state index contributed by atoms with van der Waals surface area (Å²) in [5, 5.41) is 3.49. The number of carbonyl (C=O) groups is 1. The summed E-state index contributed by atoms with van der Waals surface area (Å²) in [6.45, 7) is 0.926. The van der Waals surface area contributed by atoms with E-state index >= 15 is 0 Å². The topological polar surface area (TPSA) is 32.3 Å². The molecule has 0 unspecified atom stereocenters. The molecule has 0 saturated carbocycles. The van der Waals surface area contributed by atoms with Gasteiger partial charge in [0.15, 0.2) is 0 Å². The Morgan fingerprint density at radius 1 is 1.13 bits per heavy atom. The van der Waals surface area contributed by atoms with Crippen molar-refractivity contribution >= 4 is 34.8 Å². The summed E-state index contributed by atoms with van der Waals surface area (Å²) in [7, 11) is 1.84. The van der Waals surface area contributed by atoms with Crippen LogP contribution in [0.25, 0.3) is 0 Å². The van der Waals surface area contributed by atoms with E-state index in [1.165, 1.54) is 6.07 Å². The number of amides is 1. The SMILES string of the molecule is CN(CCC(=O)Nc1c(Cl)cccc1Cl)Cc1ccccc1F. The first-order valence-electron chi connectivity index (χ1n) is 7.13. The van der Waals surface area contributed by atoms with Crippen LogP contribution in [0.4, 0.5) is 10.1 Å². The van der Waals surface area contributed by atoms with Crippen LogP contribution in [0, 0.1) is 5.82 Å². The zero-order valence-electron chi connectivity index (χ0n) is 12.7. The minimum Gasteiger partial charge on any atom is -0.324 e. The van der Waals surface area contributed by atoms with Crippen molar-refractivity contribution in [2.24, 2.45) is 0 Å². The molecule has 6 heteroatoms. The fraction of sp³-hybridized carbons (Fsp3) is 0.235. The van der Waals surface area contributed by atoms with Gasteiger partial charge >= 0.3 is 0 Å². The van der Waals surface area contributed by atoms with Gasteiger partial charge in [0.2, 0.25) is 5.91 Å². The average Bonchev–Trinajstić information content (AvgIpc) is 2.51. The van der Waals surface area contributed by atoms with Crippen LogP contribution in [0.15, 0.2) is 42.5 Å². The summed E-state index contributed by atoms with van der Waals surface area (Å²) in [6.07, 6.45) is 0.256. The van der Waals surface area contributed by atoms with Gasteiger partial charge in [0.1, 0.15) is 5.82 Å². The number of carbonyl (C=O) groups excluding carboxylic acids is 1. The Bertz CT molecular complexity index is 674. The number of anilines is 1. The van der Waals surface area contributed by atoms with E-state index in [1.807, 2.05) is 11.9 Å². The molecule has 0 bridgehead atoms. The van der Waals surface area contributed by atoms with Crippen LogP contribution in [0.1, 0.15) is 12.0 Å². The average molecular weight is 355 g/mol. The molecule has 2 aromatic carbocycles. The molecule has 0 heterocycles. The third-order valence-corrected chi connectivity index (χ3v) is 3.98. The lowest BCUT2D eigenvalue weighted by molar-refractivity contribution is -0.116. The molecule has 0 aliphatic rings. The van der Waals surface area contributed by atoms with Gasteiger partial charge in [-0.1, -0.05) is 47.5 Å². The van der Waals surface area contributed by atoms with Gasteiger partial charge < -0.3 is 10.2 Å². The highest BCUT2D eigenvalue weighted by Crippen LogP contribution is 2.29. The highest BCUT2D eigenvalue weighted by atomic mass is 35.5.